The molecule has 0 radical (unpaired) electrons. The van der Waals surface area contributed by atoms with Gasteiger partial charge in [0.2, 0.25) is 0 Å². The molecule has 0 N–H and O–H groups in total. The summed E-state index contributed by atoms with van der Waals surface area (Å²) in [6, 6.07) is 10.4. The molecule has 1 aromatic carbocycles. The predicted octanol–water partition coefficient (Wildman–Crippen LogP) is 4.08. The van der Waals surface area contributed by atoms with Crippen LogP contribution in [0, 0.1) is 3.57 Å². The molecule has 7 heteroatoms. The molecular formula is C15H14F2INO2S. The Morgan fingerprint density at radius 2 is 1.91 bits per heavy atom. The van der Waals surface area contributed by atoms with Crippen molar-refractivity contribution in [1.29, 1.82) is 0 Å². The Morgan fingerprint density at radius 3 is 2.50 bits per heavy atom. The Kier molecular flexibility index (Phi) is 6.25. The lowest BCUT2D eigenvalue weighted by Crippen LogP contribution is -2.26. The van der Waals surface area contributed by atoms with Crippen molar-refractivity contribution in [3.8, 4) is 17.0 Å². The molecule has 0 amide bonds. The van der Waals surface area contributed by atoms with Gasteiger partial charge in [-0.2, -0.15) is 0 Å². The van der Waals surface area contributed by atoms with Gasteiger partial charge in [0.05, 0.1) is 15.8 Å². The van der Waals surface area contributed by atoms with Crippen LogP contribution in [0.25, 0.3) is 11.3 Å². The van der Waals surface area contributed by atoms with E-state index in [1.807, 2.05) is 28.8 Å². The first-order chi connectivity index (χ1) is 10.5. The fraction of sp³-hybridized carbons (Fsp3) is 0.267. The molecule has 22 heavy (non-hydrogen) atoms. The monoisotopic (exact) mass is 437 g/mol. The van der Waals surface area contributed by atoms with Gasteiger partial charge in [0.1, 0.15) is 11.7 Å². The molecule has 0 bridgehead atoms. The summed E-state index contributed by atoms with van der Waals surface area (Å²) >= 11 is 3.41. The van der Waals surface area contributed by atoms with Gasteiger partial charge in [-0.25, -0.2) is 8.78 Å². The van der Waals surface area contributed by atoms with Crippen molar-refractivity contribution >= 4 is 34.4 Å². The lowest BCUT2D eigenvalue weighted by Gasteiger charge is -2.13. The van der Waals surface area contributed by atoms with Crippen LogP contribution in [0.5, 0.6) is 5.75 Å². The van der Waals surface area contributed by atoms with Gasteiger partial charge < -0.3 is 9.30 Å². The molecule has 0 atom stereocenters. The van der Waals surface area contributed by atoms with Crippen LogP contribution in [0.2, 0.25) is 0 Å². The minimum Gasteiger partial charge on any atom is -0.483 e. The number of hydrogen-bond donors (Lipinski definition) is 0. The van der Waals surface area contributed by atoms with E-state index in [4.69, 9.17) is 4.74 Å². The van der Waals surface area contributed by atoms with Gasteiger partial charge in [0, 0.05) is 0 Å². The van der Waals surface area contributed by atoms with Crippen LogP contribution in [0.3, 0.4) is 0 Å². The second-order valence-electron chi connectivity index (χ2n) is 4.45. The second kappa shape index (κ2) is 7.96. The van der Waals surface area contributed by atoms with Crippen LogP contribution in [-0.2, 0) is 6.54 Å². The third-order valence-corrected chi connectivity index (χ3v) is 4.12. The van der Waals surface area contributed by atoms with Gasteiger partial charge in [0.25, 0.3) is 12.0 Å². The van der Waals surface area contributed by atoms with E-state index in [-0.39, 0.29) is 0 Å². The molecule has 0 aliphatic carbocycles. The Hall–Kier alpha value is -1.09. The average molecular weight is 437 g/mol. The Morgan fingerprint density at radius 1 is 1.23 bits per heavy atom. The number of rotatable bonds is 6. The van der Waals surface area contributed by atoms with Gasteiger partial charge in [-0.05, 0) is 70.8 Å². The maximum absolute atomic E-state index is 12.7. The van der Waals surface area contributed by atoms with Gasteiger partial charge in [-0.1, -0.05) is 0 Å². The highest BCUT2D eigenvalue weighted by molar-refractivity contribution is 14.1. The number of ether oxygens (including phenoxy) is 1. The highest BCUT2D eigenvalue weighted by Crippen LogP contribution is 2.23. The SMILES string of the molecule is CSCOc1ccc(-c2ccc(I)c(=O)n2CC(F)F)cc1. The molecule has 0 aliphatic heterocycles. The number of thioether (sulfide) groups is 1. The van der Waals surface area contributed by atoms with E-state index in [0.29, 0.717) is 26.5 Å². The standard InChI is InChI=1S/C15H14F2INO2S/c1-22-9-21-11-4-2-10(3-5-11)13-7-6-12(18)15(20)19(13)8-14(16)17/h2-7,14H,8-9H2,1H3. The normalized spacial score (nSPS) is 11.0. The van der Waals surface area contributed by atoms with E-state index in [2.05, 4.69) is 0 Å². The fourth-order valence-electron chi connectivity index (χ4n) is 1.97. The summed E-state index contributed by atoms with van der Waals surface area (Å²) in [7, 11) is 0. The number of halogens is 3. The lowest BCUT2D eigenvalue weighted by atomic mass is 10.1. The van der Waals surface area contributed by atoms with Crippen LogP contribution >= 0.6 is 34.4 Å². The average Bonchev–Trinajstić information content (AvgIpc) is 2.50. The molecule has 2 aromatic rings. The number of nitrogens with zero attached hydrogens (tertiary/aromatic N) is 1. The number of benzene rings is 1. The molecule has 0 saturated heterocycles. The largest absolute Gasteiger partial charge is 0.483 e. The molecule has 118 valence electrons. The maximum Gasteiger partial charge on any atom is 0.264 e. The summed E-state index contributed by atoms with van der Waals surface area (Å²) in [4.78, 5) is 12.1. The summed E-state index contributed by atoms with van der Waals surface area (Å²) < 4.78 is 32.5. The third kappa shape index (κ3) is 4.22. The molecule has 1 aromatic heterocycles. The molecule has 0 aliphatic rings. The second-order valence-corrected chi connectivity index (χ2v) is 6.42. The molecule has 3 nitrogen and oxygen atoms in total. The molecule has 0 unspecified atom stereocenters. The lowest BCUT2D eigenvalue weighted by molar-refractivity contribution is 0.126. The number of aromatic nitrogens is 1. The van der Waals surface area contributed by atoms with Crippen molar-refractivity contribution in [2.24, 2.45) is 0 Å². The van der Waals surface area contributed by atoms with Crippen molar-refractivity contribution in [3.05, 3.63) is 50.3 Å². The van der Waals surface area contributed by atoms with E-state index < -0.39 is 18.5 Å². The topological polar surface area (TPSA) is 31.2 Å². The van der Waals surface area contributed by atoms with Gasteiger partial charge in [0.15, 0.2) is 0 Å². The maximum atomic E-state index is 12.7. The van der Waals surface area contributed by atoms with E-state index in [9.17, 15) is 13.6 Å². The Balaban J connectivity index is 2.39. The third-order valence-electron chi connectivity index (χ3n) is 2.94. The van der Waals surface area contributed by atoms with E-state index in [1.165, 1.54) is 0 Å². The number of alkyl halides is 2. The van der Waals surface area contributed by atoms with Gasteiger partial charge in [-0.15, -0.1) is 11.8 Å². The van der Waals surface area contributed by atoms with Crippen LogP contribution < -0.4 is 10.3 Å². The zero-order valence-corrected chi connectivity index (χ0v) is 14.7. The highest BCUT2D eigenvalue weighted by atomic mass is 127. The molecule has 1 heterocycles. The van der Waals surface area contributed by atoms with Gasteiger partial charge >= 0.3 is 0 Å². The summed E-state index contributed by atoms with van der Waals surface area (Å²) in [6.07, 6.45) is -0.651. The Labute approximate surface area is 144 Å². The minimum atomic E-state index is -2.58. The number of hydrogen-bond acceptors (Lipinski definition) is 3. The van der Waals surface area contributed by atoms with Crippen LogP contribution in [0.15, 0.2) is 41.2 Å². The first-order valence-corrected chi connectivity index (χ1v) is 8.90. The summed E-state index contributed by atoms with van der Waals surface area (Å²) in [6.45, 7) is -0.615. The van der Waals surface area contributed by atoms with E-state index in [1.54, 1.807) is 48.2 Å². The predicted molar refractivity (Wildman–Crippen MR) is 93.9 cm³/mol. The summed E-state index contributed by atoms with van der Waals surface area (Å²) in [5, 5.41) is 0. The van der Waals surface area contributed by atoms with E-state index in [0.717, 1.165) is 4.57 Å². The van der Waals surface area contributed by atoms with Crippen molar-refractivity contribution in [2.75, 3.05) is 12.2 Å². The Bertz CT molecular complexity index is 689. The fourth-order valence-corrected chi connectivity index (χ4v) is 2.70. The first-order valence-electron chi connectivity index (χ1n) is 6.42. The molecule has 2 rings (SSSR count). The summed E-state index contributed by atoms with van der Waals surface area (Å²) in [5.74, 6) is 1.24. The van der Waals surface area contributed by atoms with Crippen molar-refractivity contribution in [1.82, 2.24) is 4.57 Å². The van der Waals surface area contributed by atoms with Crippen molar-refractivity contribution in [2.45, 2.75) is 13.0 Å². The van der Waals surface area contributed by atoms with Crippen molar-refractivity contribution in [3.63, 3.8) is 0 Å². The zero-order chi connectivity index (χ0) is 16.1. The number of pyridine rings is 1. The summed E-state index contributed by atoms with van der Waals surface area (Å²) in [5.41, 5.74) is 0.772. The first kappa shape index (κ1) is 17.3. The van der Waals surface area contributed by atoms with E-state index >= 15 is 0 Å². The smallest absolute Gasteiger partial charge is 0.264 e. The van der Waals surface area contributed by atoms with Crippen molar-refractivity contribution < 1.29 is 13.5 Å². The van der Waals surface area contributed by atoms with Gasteiger partial charge in [-0.3, -0.25) is 4.79 Å². The quantitative estimate of drug-likeness (QED) is 0.504. The van der Waals surface area contributed by atoms with Crippen LogP contribution in [0.4, 0.5) is 8.78 Å². The molecular weight excluding hydrogens is 423 g/mol. The molecule has 0 fully saturated rings. The highest BCUT2D eigenvalue weighted by Gasteiger charge is 2.13. The molecule has 0 spiro atoms. The minimum absolute atomic E-state index is 0.402. The van der Waals surface area contributed by atoms with Crippen LogP contribution in [-0.4, -0.2) is 23.2 Å². The molecule has 0 saturated carbocycles. The zero-order valence-electron chi connectivity index (χ0n) is 11.8. The van der Waals surface area contributed by atoms with Crippen LogP contribution in [0.1, 0.15) is 0 Å².